The predicted molar refractivity (Wildman–Crippen MR) is 260 cm³/mol. The lowest BCUT2D eigenvalue weighted by Crippen LogP contribution is -2.70. The zero-order chi connectivity index (χ0) is 54.9. The van der Waals surface area contributed by atoms with Crippen LogP contribution in [-0.2, 0) is 87.5 Å². The highest BCUT2D eigenvalue weighted by molar-refractivity contribution is 5.90. The van der Waals surface area contributed by atoms with E-state index in [-0.39, 0.29) is 23.5 Å². The van der Waals surface area contributed by atoms with Crippen LogP contribution in [-0.4, -0.2) is 142 Å². The third kappa shape index (κ3) is 15.6. The fraction of sp³-hybridized carbons (Fsp3) is 0.407. The van der Waals surface area contributed by atoms with E-state index in [1.54, 1.807) is 91.0 Å². The molecule has 0 radical (unpaired) electrons. The van der Waals surface area contributed by atoms with Crippen molar-refractivity contribution in [2.75, 3.05) is 27.4 Å². The molecule has 0 saturated carbocycles. The molecule has 0 unspecified atom stereocenters. The summed E-state index contributed by atoms with van der Waals surface area (Å²) in [4.78, 5) is 106. The summed E-state index contributed by atoms with van der Waals surface area (Å²) < 4.78 is 78.1. The Balaban J connectivity index is 1.52. The molecule has 22 nitrogen and oxygen atoms in total. The van der Waals surface area contributed by atoms with Crippen LogP contribution in [0.1, 0.15) is 67.3 Å². The standard InChI is InChI=1S/C54H59NO21/c1-31(56)55-44-41(69-33(3)58)27-54(53(63)65-7,76-47(44)45(71-35(5)60)42(70-34(4)59)29-66-32(2)57)68-30-43-46(74-50(61)37-19-13-9-14-20-37)48(67-28-36-17-11-8-12-18-36)49(75-51(62)38-21-15-10-16-22-38)52(73-43)72-40-25-23-39(64-6)24-26-40/h8-26,41-49,52H,27-30H2,1-7H3,(H,55,56)/t41-,42+,43+,44+,45+,46-,47+,48-,49+,52+,54+/m0/s1. The van der Waals surface area contributed by atoms with Gasteiger partial charge in [-0.15, -0.1) is 0 Å². The Hall–Kier alpha value is -7.92. The second-order valence-electron chi connectivity index (χ2n) is 17.3. The fourth-order valence-corrected chi connectivity index (χ4v) is 8.42. The van der Waals surface area contributed by atoms with Crippen LogP contribution >= 0.6 is 0 Å². The third-order valence-corrected chi connectivity index (χ3v) is 11.7. The molecule has 4 aromatic rings. The van der Waals surface area contributed by atoms with Gasteiger partial charge >= 0.3 is 41.8 Å². The third-order valence-electron chi connectivity index (χ3n) is 11.7. The first-order valence-corrected chi connectivity index (χ1v) is 23.9. The van der Waals surface area contributed by atoms with Crippen molar-refractivity contribution in [2.24, 2.45) is 0 Å². The number of rotatable bonds is 22. The van der Waals surface area contributed by atoms with Gasteiger partial charge in [-0.05, 0) is 54.1 Å². The summed E-state index contributed by atoms with van der Waals surface area (Å²) in [6.45, 7) is 3.50. The Morgan fingerprint density at radius 2 is 1.21 bits per heavy atom. The largest absolute Gasteiger partial charge is 0.497 e. The number of amides is 1. The Kier molecular flexibility index (Phi) is 20.4. The molecular formula is C54H59NO21. The highest BCUT2D eigenvalue weighted by Crippen LogP contribution is 2.39. The molecule has 4 aromatic carbocycles. The number of ether oxygens (including phenoxy) is 13. The fourth-order valence-electron chi connectivity index (χ4n) is 8.42. The second kappa shape index (κ2) is 27.0. The van der Waals surface area contributed by atoms with Gasteiger partial charge in [0.15, 0.2) is 24.4 Å². The van der Waals surface area contributed by atoms with Gasteiger partial charge in [0.2, 0.25) is 12.2 Å². The van der Waals surface area contributed by atoms with Gasteiger partial charge in [0.25, 0.3) is 5.79 Å². The molecule has 1 N–H and O–H groups in total. The van der Waals surface area contributed by atoms with Crippen molar-refractivity contribution in [3.63, 3.8) is 0 Å². The van der Waals surface area contributed by atoms with Crippen molar-refractivity contribution in [3.05, 3.63) is 132 Å². The molecule has 11 atom stereocenters. The smallest absolute Gasteiger partial charge is 0.366 e. The van der Waals surface area contributed by atoms with Crippen LogP contribution in [0.4, 0.5) is 0 Å². The SMILES string of the molecule is COC(=O)[C@@]1(OC[C@H]2O[C@@H](Oc3ccc(OC)cc3)[C@H](OC(=O)c3ccccc3)[C@@H](OCc3ccccc3)[C@H]2OC(=O)c2ccccc2)C[C@H](OC(C)=O)[C@@H](NC(C)=O)[C@H]([C@H](OC(C)=O)[C@@H](COC(C)=O)OC(C)=O)O1. The van der Waals surface area contributed by atoms with Crippen molar-refractivity contribution in [1.82, 2.24) is 5.32 Å². The van der Waals surface area contributed by atoms with E-state index in [2.05, 4.69) is 5.32 Å². The van der Waals surface area contributed by atoms with Gasteiger partial charge in [-0.1, -0.05) is 66.7 Å². The molecule has 0 bridgehead atoms. The number of nitrogens with one attached hydrogen (secondary N) is 1. The second-order valence-corrected chi connectivity index (χ2v) is 17.3. The summed E-state index contributed by atoms with van der Waals surface area (Å²) in [5.74, 6) is -9.54. The van der Waals surface area contributed by atoms with E-state index in [4.69, 9.17) is 61.6 Å². The minimum atomic E-state index is -2.75. The maximum absolute atomic E-state index is 14.5. The predicted octanol–water partition coefficient (Wildman–Crippen LogP) is 4.37. The van der Waals surface area contributed by atoms with Gasteiger partial charge in [0, 0.05) is 34.6 Å². The maximum atomic E-state index is 14.5. The topological polar surface area (TPSA) is 269 Å². The van der Waals surface area contributed by atoms with Gasteiger partial charge in [-0.3, -0.25) is 24.0 Å². The maximum Gasteiger partial charge on any atom is 0.366 e. The number of carbonyl (C=O) groups is 8. The molecule has 1 amide bonds. The zero-order valence-corrected chi connectivity index (χ0v) is 42.6. The highest BCUT2D eigenvalue weighted by atomic mass is 16.8. The van der Waals surface area contributed by atoms with Crippen LogP contribution in [0.25, 0.3) is 0 Å². The Bertz CT molecular complexity index is 2620. The lowest BCUT2D eigenvalue weighted by Gasteiger charge is -2.49. The quantitative estimate of drug-likeness (QED) is 0.0845. The van der Waals surface area contributed by atoms with E-state index in [1.165, 1.54) is 31.4 Å². The van der Waals surface area contributed by atoms with Crippen LogP contribution < -0.4 is 14.8 Å². The lowest BCUT2D eigenvalue weighted by atomic mass is 9.87. The summed E-state index contributed by atoms with van der Waals surface area (Å²) >= 11 is 0. The van der Waals surface area contributed by atoms with Crippen molar-refractivity contribution in [3.8, 4) is 11.5 Å². The summed E-state index contributed by atoms with van der Waals surface area (Å²) in [6.07, 6.45) is -15.7. The number of carbonyl (C=O) groups excluding carboxylic acids is 8. The van der Waals surface area contributed by atoms with E-state index < -0.39 is 134 Å². The number of benzene rings is 4. The number of hydrogen-bond donors (Lipinski definition) is 1. The van der Waals surface area contributed by atoms with Gasteiger partial charge < -0.3 is 66.9 Å². The first-order chi connectivity index (χ1) is 36.4. The van der Waals surface area contributed by atoms with Crippen LogP contribution in [0.2, 0.25) is 0 Å². The first-order valence-electron chi connectivity index (χ1n) is 23.9. The minimum absolute atomic E-state index is 0.0868. The van der Waals surface area contributed by atoms with E-state index >= 15 is 0 Å². The monoisotopic (exact) mass is 1060 g/mol. The summed E-state index contributed by atoms with van der Waals surface area (Å²) in [5.41, 5.74) is 0.870. The van der Waals surface area contributed by atoms with Crippen molar-refractivity contribution < 1.29 is 99.9 Å². The van der Waals surface area contributed by atoms with Gasteiger partial charge in [-0.2, -0.15) is 0 Å². The molecule has 0 spiro atoms. The van der Waals surface area contributed by atoms with Crippen LogP contribution in [0.15, 0.2) is 115 Å². The van der Waals surface area contributed by atoms with Gasteiger partial charge in [0.05, 0.1) is 51.0 Å². The molecular weight excluding hydrogens is 999 g/mol. The molecule has 6 rings (SSSR count). The van der Waals surface area contributed by atoms with Crippen molar-refractivity contribution in [1.29, 1.82) is 0 Å². The minimum Gasteiger partial charge on any atom is -0.497 e. The molecule has 2 aliphatic rings. The Morgan fingerprint density at radius 3 is 1.74 bits per heavy atom. The van der Waals surface area contributed by atoms with Crippen molar-refractivity contribution in [2.45, 2.75) is 115 Å². The molecule has 0 aromatic heterocycles. The molecule has 406 valence electrons. The molecule has 2 heterocycles. The zero-order valence-electron chi connectivity index (χ0n) is 42.6. The van der Waals surface area contributed by atoms with Gasteiger partial charge in [-0.25, -0.2) is 14.4 Å². The first kappa shape index (κ1) is 57.4. The van der Waals surface area contributed by atoms with Crippen LogP contribution in [0.3, 0.4) is 0 Å². The van der Waals surface area contributed by atoms with E-state index in [1.807, 2.05) is 0 Å². The van der Waals surface area contributed by atoms with Gasteiger partial charge in [0.1, 0.15) is 42.5 Å². The highest BCUT2D eigenvalue weighted by Gasteiger charge is 2.61. The molecule has 22 heteroatoms. The molecule has 2 saturated heterocycles. The van der Waals surface area contributed by atoms with E-state index in [0.29, 0.717) is 11.3 Å². The number of hydrogen-bond acceptors (Lipinski definition) is 21. The van der Waals surface area contributed by atoms with E-state index in [9.17, 15) is 38.4 Å². The molecule has 0 aliphatic carbocycles. The van der Waals surface area contributed by atoms with Crippen LogP contribution in [0.5, 0.6) is 11.5 Å². The number of methoxy groups -OCH3 is 2. The Labute approximate surface area is 437 Å². The van der Waals surface area contributed by atoms with E-state index in [0.717, 1.165) is 41.7 Å². The molecule has 2 aliphatic heterocycles. The molecule has 76 heavy (non-hydrogen) atoms. The summed E-state index contributed by atoms with van der Waals surface area (Å²) in [7, 11) is 2.46. The average Bonchev–Trinajstić information content (AvgIpc) is 3.43. The van der Waals surface area contributed by atoms with Crippen LogP contribution in [0, 0.1) is 0 Å². The molecule has 2 fully saturated rings. The van der Waals surface area contributed by atoms with Crippen molar-refractivity contribution >= 4 is 47.7 Å². The average molecular weight is 1060 g/mol. The Morgan fingerprint density at radius 1 is 0.645 bits per heavy atom. The summed E-state index contributed by atoms with van der Waals surface area (Å²) in [5, 5.41) is 2.61. The summed E-state index contributed by atoms with van der Waals surface area (Å²) in [6, 6.07) is 29.6. The number of esters is 7. The normalized spacial score (nSPS) is 23.7. The lowest BCUT2D eigenvalue weighted by molar-refractivity contribution is -0.335.